The van der Waals surface area contributed by atoms with Gasteiger partial charge in [0.2, 0.25) is 0 Å². The smallest absolute Gasteiger partial charge is 0.166 e. The standard InChI is InChI=1S/C8H9ClFNO3/c1-13-6-2-5(9)7(10)4(3-14-11)8(6)12/h2,12H,3,11H2,1H3. The zero-order valence-electron chi connectivity index (χ0n) is 7.38. The number of ether oxygens (including phenoxy) is 1. The molecule has 1 aromatic carbocycles. The average Bonchev–Trinajstić information content (AvgIpc) is 2.18. The van der Waals surface area contributed by atoms with E-state index in [1.807, 2.05) is 0 Å². The summed E-state index contributed by atoms with van der Waals surface area (Å²) in [6.07, 6.45) is 0. The Kier molecular flexibility index (Phi) is 3.51. The van der Waals surface area contributed by atoms with E-state index in [9.17, 15) is 9.50 Å². The topological polar surface area (TPSA) is 64.7 Å². The fraction of sp³-hybridized carbons (Fsp3) is 0.250. The van der Waals surface area contributed by atoms with Crippen molar-refractivity contribution >= 4 is 11.6 Å². The van der Waals surface area contributed by atoms with E-state index < -0.39 is 5.82 Å². The lowest BCUT2D eigenvalue weighted by atomic mass is 10.2. The minimum Gasteiger partial charge on any atom is -0.504 e. The fourth-order valence-electron chi connectivity index (χ4n) is 1.01. The second-order valence-electron chi connectivity index (χ2n) is 2.51. The molecular formula is C8H9ClFNO3. The molecule has 3 N–H and O–H groups in total. The highest BCUT2D eigenvalue weighted by Gasteiger charge is 2.17. The van der Waals surface area contributed by atoms with E-state index in [1.165, 1.54) is 13.2 Å². The van der Waals surface area contributed by atoms with Crippen LogP contribution < -0.4 is 10.6 Å². The fourth-order valence-corrected chi connectivity index (χ4v) is 1.23. The Balaban J connectivity index is 3.29. The number of phenols is 1. The number of aromatic hydroxyl groups is 1. The monoisotopic (exact) mass is 221 g/mol. The van der Waals surface area contributed by atoms with Gasteiger partial charge in [-0.05, 0) is 0 Å². The van der Waals surface area contributed by atoms with Crippen molar-refractivity contribution in [2.45, 2.75) is 6.61 Å². The molecule has 0 aliphatic rings. The Morgan fingerprint density at radius 3 is 2.79 bits per heavy atom. The molecule has 0 spiro atoms. The van der Waals surface area contributed by atoms with Crippen LogP contribution in [0.3, 0.4) is 0 Å². The van der Waals surface area contributed by atoms with Gasteiger partial charge in [-0.25, -0.2) is 10.3 Å². The third-order valence-electron chi connectivity index (χ3n) is 1.70. The molecule has 0 aliphatic heterocycles. The van der Waals surface area contributed by atoms with Crippen molar-refractivity contribution in [1.29, 1.82) is 0 Å². The zero-order chi connectivity index (χ0) is 10.7. The minimum absolute atomic E-state index is 0.0726. The Morgan fingerprint density at radius 1 is 1.64 bits per heavy atom. The quantitative estimate of drug-likeness (QED) is 0.761. The van der Waals surface area contributed by atoms with Crippen LogP contribution in [-0.4, -0.2) is 12.2 Å². The second-order valence-corrected chi connectivity index (χ2v) is 2.92. The molecular weight excluding hydrogens is 213 g/mol. The van der Waals surface area contributed by atoms with Crippen LogP contribution in [0.2, 0.25) is 5.02 Å². The van der Waals surface area contributed by atoms with Gasteiger partial charge in [-0.1, -0.05) is 11.6 Å². The largest absolute Gasteiger partial charge is 0.504 e. The van der Waals surface area contributed by atoms with E-state index >= 15 is 0 Å². The molecule has 0 aromatic heterocycles. The van der Waals surface area contributed by atoms with Crippen LogP contribution in [0.1, 0.15) is 5.56 Å². The lowest BCUT2D eigenvalue weighted by Crippen LogP contribution is -2.03. The van der Waals surface area contributed by atoms with Crippen LogP contribution in [0.4, 0.5) is 4.39 Å². The van der Waals surface area contributed by atoms with E-state index in [1.54, 1.807) is 0 Å². The third kappa shape index (κ3) is 1.89. The normalized spacial score (nSPS) is 10.3. The SMILES string of the molecule is COc1cc(Cl)c(F)c(CON)c1O. The molecule has 1 aromatic rings. The summed E-state index contributed by atoms with van der Waals surface area (Å²) in [5.74, 6) is 3.72. The van der Waals surface area contributed by atoms with Crippen LogP contribution >= 0.6 is 11.6 Å². The summed E-state index contributed by atoms with van der Waals surface area (Å²) in [6, 6.07) is 1.17. The highest BCUT2D eigenvalue weighted by Crippen LogP contribution is 2.36. The molecule has 0 saturated heterocycles. The van der Waals surface area contributed by atoms with E-state index in [4.69, 9.17) is 22.2 Å². The third-order valence-corrected chi connectivity index (χ3v) is 1.97. The number of methoxy groups -OCH3 is 1. The summed E-state index contributed by atoms with van der Waals surface area (Å²) < 4.78 is 18.1. The predicted octanol–water partition coefficient (Wildman–Crippen LogP) is 1.58. The molecule has 0 heterocycles. The Hall–Kier alpha value is -1.04. The summed E-state index contributed by atoms with van der Waals surface area (Å²) in [5.41, 5.74) is -0.128. The first-order valence-corrected chi connectivity index (χ1v) is 4.05. The van der Waals surface area contributed by atoms with Gasteiger partial charge in [0.25, 0.3) is 0 Å². The van der Waals surface area contributed by atoms with Crippen LogP contribution in [0.25, 0.3) is 0 Å². The van der Waals surface area contributed by atoms with Crippen molar-refractivity contribution in [3.8, 4) is 11.5 Å². The van der Waals surface area contributed by atoms with Gasteiger partial charge in [0.05, 0.1) is 24.3 Å². The first-order chi connectivity index (χ1) is 6.61. The molecule has 4 nitrogen and oxygen atoms in total. The maximum Gasteiger partial charge on any atom is 0.166 e. The second kappa shape index (κ2) is 4.45. The molecule has 0 aliphatic carbocycles. The zero-order valence-corrected chi connectivity index (χ0v) is 8.14. The molecule has 0 atom stereocenters. The van der Waals surface area contributed by atoms with Crippen molar-refractivity contribution in [1.82, 2.24) is 0 Å². The van der Waals surface area contributed by atoms with Crippen LogP contribution in [-0.2, 0) is 11.4 Å². The number of benzene rings is 1. The minimum atomic E-state index is -0.768. The Labute approximate surface area is 84.9 Å². The Bertz CT molecular complexity index is 346. The number of nitrogens with two attached hydrogens (primary N) is 1. The van der Waals surface area contributed by atoms with Gasteiger partial charge >= 0.3 is 0 Å². The van der Waals surface area contributed by atoms with Crippen molar-refractivity contribution in [2.24, 2.45) is 5.90 Å². The lowest BCUT2D eigenvalue weighted by molar-refractivity contribution is 0.119. The van der Waals surface area contributed by atoms with E-state index in [0.29, 0.717) is 0 Å². The summed E-state index contributed by atoms with van der Waals surface area (Å²) in [6.45, 7) is -0.283. The van der Waals surface area contributed by atoms with Gasteiger partial charge in [0.15, 0.2) is 17.3 Å². The summed E-state index contributed by atoms with van der Waals surface area (Å²) in [4.78, 5) is 4.23. The molecule has 6 heteroatoms. The van der Waals surface area contributed by atoms with Crippen molar-refractivity contribution in [3.63, 3.8) is 0 Å². The number of rotatable bonds is 3. The maximum absolute atomic E-state index is 13.3. The van der Waals surface area contributed by atoms with Crippen molar-refractivity contribution in [3.05, 3.63) is 22.5 Å². The highest BCUT2D eigenvalue weighted by atomic mass is 35.5. The molecule has 0 amide bonds. The van der Waals surface area contributed by atoms with E-state index in [-0.39, 0.29) is 28.7 Å². The summed E-state index contributed by atoms with van der Waals surface area (Å²) >= 11 is 5.54. The van der Waals surface area contributed by atoms with E-state index in [2.05, 4.69) is 4.84 Å². The van der Waals surface area contributed by atoms with Gasteiger partial charge in [-0.2, -0.15) is 0 Å². The lowest BCUT2D eigenvalue weighted by Gasteiger charge is -2.10. The van der Waals surface area contributed by atoms with Crippen molar-refractivity contribution in [2.75, 3.05) is 7.11 Å². The molecule has 0 saturated carbocycles. The summed E-state index contributed by atoms with van der Waals surface area (Å²) in [5, 5.41) is 9.31. The van der Waals surface area contributed by atoms with Crippen LogP contribution in [0, 0.1) is 5.82 Å². The number of hydrogen-bond acceptors (Lipinski definition) is 4. The van der Waals surface area contributed by atoms with Gasteiger partial charge in [0, 0.05) is 6.07 Å². The number of phenolic OH excluding ortho intramolecular Hbond substituents is 1. The van der Waals surface area contributed by atoms with Gasteiger partial charge < -0.3 is 9.84 Å². The molecule has 1 rings (SSSR count). The molecule has 0 radical (unpaired) electrons. The highest BCUT2D eigenvalue weighted by molar-refractivity contribution is 6.31. The van der Waals surface area contributed by atoms with Crippen LogP contribution in [0.5, 0.6) is 11.5 Å². The molecule has 0 fully saturated rings. The number of halogens is 2. The predicted molar refractivity (Wildman–Crippen MR) is 48.6 cm³/mol. The average molecular weight is 222 g/mol. The molecule has 0 unspecified atom stereocenters. The molecule has 78 valence electrons. The van der Waals surface area contributed by atoms with Gasteiger partial charge in [-0.15, -0.1) is 0 Å². The maximum atomic E-state index is 13.3. The van der Waals surface area contributed by atoms with Crippen LogP contribution in [0.15, 0.2) is 6.07 Å². The number of hydrogen-bond donors (Lipinski definition) is 2. The van der Waals surface area contributed by atoms with Gasteiger partial charge in [-0.3, -0.25) is 4.84 Å². The van der Waals surface area contributed by atoms with Crippen molar-refractivity contribution < 1.29 is 19.1 Å². The van der Waals surface area contributed by atoms with Gasteiger partial charge in [0.1, 0.15) is 0 Å². The molecule has 0 bridgehead atoms. The van der Waals surface area contributed by atoms with E-state index in [0.717, 1.165) is 0 Å². The first kappa shape index (κ1) is 11.0. The Morgan fingerprint density at radius 2 is 2.29 bits per heavy atom. The first-order valence-electron chi connectivity index (χ1n) is 3.67. The summed E-state index contributed by atoms with van der Waals surface area (Å²) in [7, 11) is 1.33. The molecule has 14 heavy (non-hydrogen) atoms.